The Balaban J connectivity index is 2.40. The average molecular weight is 487 g/mol. The molecule has 0 radical (unpaired) electrons. The fourth-order valence-corrected chi connectivity index (χ4v) is 5.05. The summed E-state index contributed by atoms with van der Waals surface area (Å²) in [7, 11) is -1.99. The van der Waals surface area contributed by atoms with E-state index in [0.29, 0.717) is 29.8 Å². The maximum atomic E-state index is 12.8. The molecular weight excluding hydrogens is 465 g/mol. The highest BCUT2D eigenvalue weighted by molar-refractivity contribution is 14.1. The molecule has 2 aromatic rings. The molecule has 0 aliphatic heterocycles. The summed E-state index contributed by atoms with van der Waals surface area (Å²) in [6.45, 7) is 3.71. The molecule has 0 heterocycles. The van der Waals surface area contributed by atoms with Crippen LogP contribution in [-0.2, 0) is 9.84 Å². The van der Waals surface area contributed by atoms with Gasteiger partial charge in [0.05, 0.1) is 22.9 Å². The second-order valence-corrected chi connectivity index (χ2v) is 9.28. The van der Waals surface area contributed by atoms with Gasteiger partial charge in [0.2, 0.25) is 0 Å². The summed E-state index contributed by atoms with van der Waals surface area (Å²) < 4.78 is 31.8. The van der Waals surface area contributed by atoms with Gasteiger partial charge in [0.1, 0.15) is 5.75 Å². The van der Waals surface area contributed by atoms with Gasteiger partial charge in [0.15, 0.2) is 9.84 Å². The topological polar surface area (TPSA) is 72.5 Å². The van der Waals surface area contributed by atoms with E-state index in [1.54, 1.807) is 24.3 Å². The van der Waals surface area contributed by atoms with Crippen molar-refractivity contribution in [3.05, 3.63) is 51.6 Å². The number of methoxy groups -OCH3 is 1. The SMILES string of the molecule is CCC(CC)S(=O)(=O)c1ccc(OC)c(NC(=O)c2cccc(I)c2)c1. The van der Waals surface area contributed by atoms with Crippen molar-refractivity contribution >= 4 is 44.0 Å². The Morgan fingerprint density at radius 3 is 2.42 bits per heavy atom. The van der Waals surface area contributed by atoms with E-state index in [-0.39, 0.29) is 10.8 Å². The minimum atomic E-state index is -3.46. The molecule has 2 aromatic carbocycles. The number of carbonyl (C=O) groups excluding carboxylic acids is 1. The molecule has 1 N–H and O–H groups in total. The van der Waals surface area contributed by atoms with E-state index < -0.39 is 15.1 Å². The van der Waals surface area contributed by atoms with Gasteiger partial charge in [-0.15, -0.1) is 0 Å². The number of carbonyl (C=O) groups is 1. The summed E-state index contributed by atoms with van der Waals surface area (Å²) in [4.78, 5) is 12.7. The molecule has 5 nitrogen and oxygen atoms in total. The lowest BCUT2D eigenvalue weighted by Crippen LogP contribution is -2.20. The van der Waals surface area contributed by atoms with Crippen molar-refractivity contribution in [3.63, 3.8) is 0 Å². The highest BCUT2D eigenvalue weighted by atomic mass is 127. The van der Waals surface area contributed by atoms with Crippen molar-refractivity contribution < 1.29 is 17.9 Å². The smallest absolute Gasteiger partial charge is 0.255 e. The van der Waals surface area contributed by atoms with Crippen LogP contribution in [0.3, 0.4) is 0 Å². The molecule has 0 unspecified atom stereocenters. The molecule has 26 heavy (non-hydrogen) atoms. The fraction of sp³-hybridized carbons (Fsp3) is 0.316. The molecule has 0 atom stereocenters. The monoisotopic (exact) mass is 487 g/mol. The summed E-state index contributed by atoms with van der Waals surface area (Å²) in [6, 6.07) is 11.7. The van der Waals surface area contributed by atoms with Gasteiger partial charge in [0, 0.05) is 9.13 Å². The number of hydrogen-bond acceptors (Lipinski definition) is 4. The van der Waals surface area contributed by atoms with Crippen LogP contribution in [0, 0.1) is 3.57 Å². The third-order valence-corrected chi connectivity index (χ3v) is 7.31. The second kappa shape index (κ2) is 8.85. The molecule has 0 aliphatic rings. The first-order valence-corrected chi connectivity index (χ1v) is 10.9. The van der Waals surface area contributed by atoms with Crippen LogP contribution in [0.1, 0.15) is 37.0 Å². The highest BCUT2D eigenvalue weighted by Gasteiger charge is 2.25. The number of halogens is 1. The third-order valence-electron chi connectivity index (χ3n) is 4.18. The highest BCUT2D eigenvalue weighted by Crippen LogP contribution is 2.30. The Hall–Kier alpha value is -1.61. The maximum Gasteiger partial charge on any atom is 0.255 e. The molecule has 0 aromatic heterocycles. The molecule has 0 aliphatic carbocycles. The van der Waals surface area contributed by atoms with Crippen LogP contribution in [0.5, 0.6) is 5.75 Å². The van der Waals surface area contributed by atoms with Crippen LogP contribution in [-0.4, -0.2) is 26.7 Å². The van der Waals surface area contributed by atoms with Crippen molar-refractivity contribution in [3.8, 4) is 5.75 Å². The molecule has 2 rings (SSSR count). The van der Waals surface area contributed by atoms with Crippen LogP contribution in [0.2, 0.25) is 0 Å². The van der Waals surface area contributed by atoms with Gasteiger partial charge in [-0.1, -0.05) is 19.9 Å². The average Bonchev–Trinajstić information content (AvgIpc) is 2.62. The number of hydrogen-bond donors (Lipinski definition) is 1. The van der Waals surface area contributed by atoms with E-state index >= 15 is 0 Å². The van der Waals surface area contributed by atoms with Gasteiger partial charge in [-0.25, -0.2) is 8.42 Å². The van der Waals surface area contributed by atoms with Gasteiger partial charge < -0.3 is 10.1 Å². The largest absolute Gasteiger partial charge is 0.495 e. The van der Waals surface area contributed by atoms with Gasteiger partial charge in [0.25, 0.3) is 5.91 Å². The standard InChI is InChI=1S/C19H22INO4S/c1-4-15(5-2)26(23,24)16-9-10-18(25-3)17(12-16)21-19(22)13-7-6-8-14(20)11-13/h6-12,15H,4-5H2,1-3H3,(H,21,22). The molecule has 1 amide bonds. The molecule has 0 fully saturated rings. The number of nitrogens with one attached hydrogen (secondary N) is 1. The van der Waals surface area contributed by atoms with E-state index in [9.17, 15) is 13.2 Å². The van der Waals surface area contributed by atoms with Crippen LogP contribution >= 0.6 is 22.6 Å². The lowest BCUT2D eigenvalue weighted by atomic mass is 10.2. The zero-order valence-electron chi connectivity index (χ0n) is 15.0. The van der Waals surface area contributed by atoms with Gasteiger partial charge in [-0.05, 0) is 71.8 Å². The van der Waals surface area contributed by atoms with E-state index in [1.165, 1.54) is 19.2 Å². The lowest BCUT2D eigenvalue weighted by Gasteiger charge is -2.16. The van der Waals surface area contributed by atoms with Crippen molar-refractivity contribution in [2.75, 3.05) is 12.4 Å². The van der Waals surface area contributed by atoms with Gasteiger partial charge in [-0.3, -0.25) is 4.79 Å². The van der Waals surface area contributed by atoms with E-state index in [1.807, 2.05) is 19.9 Å². The van der Waals surface area contributed by atoms with Gasteiger partial charge >= 0.3 is 0 Å². The molecule has 0 spiro atoms. The van der Waals surface area contributed by atoms with Crippen LogP contribution in [0.15, 0.2) is 47.4 Å². The third kappa shape index (κ3) is 4.56. The number of benzene rings is 2. The maximum absolute atomic E-state index is 12.8. The first-order valence-electron chi connectivity index (χ1n) is 8.32. The normalized spacial score (nSPS) is 11.4. The predicted octanol–water partition coefficient (Wildman–Crippen LogP) is 4.51. The summed E-state index contributed by atoms with van der Waals surface area (Å²) in [5.41, 5.74) is 0.829. The molecule has 0 saturated carbocycles. The number of sulfone groups is 1. The van der Waals surface area contributed by atoms with Crippen molar-refractivity contribution in [1.29, 1.82) is 0 Å². The summed E-state index contributed by atoms with van der Waals surface area (Å²) in [6.07, 6.45) is 1.07. The molecule has 7 heteroatoms. The first-order chi connectivity index (χ1) is 12.3. The zero-order chi connectivity index (χ0) is 19.3. The molecular formula is C19H22INO4S. The van der Waals surface area contributed by atoms with Crippen LogP contribution in [0.4, 0.5) is 5.69 Å². The Morgan fingerprint density at radius 2 is 1.85 bits per heavy atom. The summed E-state index contributed by atoms with van der Waals surface area (Å²) >= 11 is 2.13. The van der Waals surface area contributed by atoms with Crippen molar-refractivity contribution in [2.45, 2.75) is 36.8 Å². The number of amides is 1. The van der Waals surface area contributed by atoms with Crippen molar-refractivity contribution in [2.24, 2.45) is 0 Å². The first kappa shape index (κ1) is 20.7. The number of ether oxygens (including phenoxy) is 1. The Kier molecular flexibility index (Phi) is 7.05. The molecule has 0 saturated heterocycles. The quantitative estimate of drug-likeness (QED) is 0.584. The van der Waals surface area contributed by atoms with Gasteiger partial charge in [-0.2, -0.15) is 0 Å². The van der Waals surface area contributed by atoms with Crippen LogP contribution in [0.25, 0.3) is 0 Å². The van der Waals surface area contributed by atoms with E-state index in [4.69, 9.17) is 4.74 Å². The van der Waals surface area contributed by atoms with Crippen LogP contribution < -0.4 is 10.1 Å². The summed E-state index contributed by atoms with van der Waals surface area (Å²) in [5, 5.41) is 2.31. The number of rotatable bonds is 7. The Bertz CT molecular complexity index is 892. The van der Waals surface area contributed by atoms with Crippen molar-refractivity contribution in [1.82, 2.24) is 0 Å². The summed E-state index contributed by atoms with van der Waals surface area (Å²) in [5.74, 6) is 0.0892. The zero-order valence-corrected chi connectivity index (χ0v) is 17.9. The second-order valence-electron chi connectivity index (χ2n) is 5.81. The van der Waals surface area contributed by atoms with E-state index in [0.717, 1.165) is 3.57 Å². The number of anilines is 1. The molecule has 140 valence electrons. The fourth-order valence-electron chi connectivity index (χ4n) is 2.71. The lowest BCUT2D eigenvalue weighted by molar-refractivity contribution is 0.102. The minimum Gasteiger partial charge on any atom is -0.495 e. The molecule has 0 bridgehead atoms. The Morgan fingerprint density at radius 1 is 1.15 bits per heavy atom. The minimum absolute atomic E-state index is 0.185. The van der Waals surface area contributed by atoms with E-state index in [2.05, 4.69) is 27.9 Å². The Labute approximate surface area is 168 Å². The predicted molar refractivity (Wildman–Crippen MR) is 112 cm³/mol.